The first kappa shape index (κ1) is 11.5. The van der Waals surface area contributed by atoms with Crippen molar-refractivity contribution in [3.8, 4) is 0 Å². The Morgan fingerprint density at radius 2 is 2.24 bits per heavy atom. The fraction of sp³-hybridized carbons (Fsp3) is 0.364. The van der Waals surface area contributed by atoms with Gasteiger partial charge in [-0.3, -0.25) is 14.9 Å². The highest BCUT2D eigenvalue weighted by molar-refractivity contribution is 5.95. The molecule has 1 heterocycles. The van der Waals surface area contributed by atoms with Gasteiger partial charge in [-0.25, -0.2) is 0 Å². The minimum absolute atomic E-state index is 0.0341. The number of benzene rings is 1. The highest BCUT2D eigenvalue weighted by Crippen LogP contribution is 2.18. The molecule has 6 nitrogen and oxygen atoms in total. The number of nitro groups is 1. The number of amides is 1. The Morgan fingerprint density at radius 1 is 1.53 bits per heavy atom. The van der Waals surface area contributed by atoms with Crippen LogP contribution in [0.15, 0.2) is 18.2 Å². The third-order valence-corrected chi connectivity index (χ3v) is 2.77. The van der Waals surface area contributed by atoms with Crippen molar-refractivity contribution in [2.75, 3.05) is 13.1 Å². The zero-order chi connectivity index (χ0) is 12.4. The topological polar surface area (TPSA) is 84.3 Å². The Hall–Kier alpha value is -1.95. The lowest BCUT2D eigenvalue weighted by molar-refractivity contribution is -0.385. The van der Waals surface area contributed by atoms with Gasteiger partial charge in [0.15, 0.2) is 0 Å². The van der Waals surface area contributed by atoms with Gasteiger partial charge >= 0.3 is 0 Å². The Balaban J connectivity index is 2.13. The van der Waals surface area contributed by atoms with E-state index in [-0.39, 0.29) is 17.6 Å². The van der Waals surface area contributed by atoms with Crippen LogP contribution in [0.25, 0.3) is 0 Å². The molecule has 2 rings (SSSR count). The molecule has 1 aliphatic rings. The third-order valence-electron chi connectivity index (χ3n) is 2.77. The highest BCUT2D eigenvalue weighted by atomic mass is 16.6. The smallest absolute Gasteiger partial charge is 0.272 e. The highest BCUT2D eigenvalue weighted by Gasteiger charge is 2.20. The second-order valence-electron chi connectivity index (χ2n) is 4.09. The van der Waals surface area contributed by atoms with Crippen LogP contribution in [0.5, 0.6) is 0 Å². The second kappa shape index (κ2) is 4.50. The van der Waals surface area contributed by atoms with Crippen LogP contribution in [-0.4, -0.2) is 30.0 Å². The van der Waals surface area contributed by atoms with Gasteiger partial charge in [0.1, 0.15) is 0 Å². The van der Waals surface area contributed by atoms with Gasteiger partial charge in [0.25, 0.3) is 11.6 Å². The molecule has 0 aromatic heterocycles. The summed E-state index contributed by atoms with van der Waals surface area (Å²) in [5.41, 5.74) is 0.987. The molecule has 2 N–H and O–H groups in total. The molecule has 1 aromatic carbocycles. The summed E-state index contributed by atoms with van der Waals surface area (Å²) >= 11 is 0. The van der Waals surface area contributed by atoms with Crippen LogP contribution < -0.4 is 10.6 Å². The van der Waals surface area contributed by atoms with Crippen molar-refractivity contribution >= 4 is 11.6 Å². The molecule has 0 atom stereocenters. The van der Waals surface area contributed by atoms with Crippen molar-refractivity contribution in [1.82, 2.24) is 10.6 Å². The Labute approximate surface area is 98.2 Å². The van der Waals surface area contributed by atoms with Crippen molar-refractivity contribution < 1.29 is 9.72 Å². The van der Waals surface area contributed by atoms with Crippen molar-refractivity contribution in [2.24, 2.45) is 0 Å². The van der Waals surface area contributed by atoms with Crippen LogP contribution >= 0.6 is 0 Å². The first-order valence-corrected chi connectivity index (χ1v) is 5.34. The van der Waals surface area contributed by atoms with Gasteiger partial charge in [-0.2, -0.15) is 0 Å². The number of rotatable bonds is 3. The molecule has 17 heavy (non-hydrogen) atoms. The van der Waals surface area contributed by atoms with E-state index < -0.39 is 4.92 Å². The minimum Gasteiger partial charge on any atom is -0.347 e. The van der Waals surface area contributed by atoms with Gasteiger partial charge in [0.05, 0.1) is 11.0 Å². The average molecular weight is 235 g/mol. The molecule has 0 saturated carbocycles. The maximum Gasteiger partial charge on any atom is 0.272 e. The van der Waals surface area contributed by atoms with Gasteiger partial charge in [-0.15, -0.1) is 0 Å². The summed E-state index contributed by atoms with van der Waals surface area (Å²) < 4.78 is 0. The number of carbonyl (C=O) groups is 1. The lowest BCUT2D eigenvalue weighted by atomic mass is 10.1. The predicted octanol–water partition coefficient (Wildman–Crippen LogP) is 0.605. The van der Waals surface area contributed by atoms with Crippen molar-refractivity contribution in [2.45, 2.75) is 13.0 Å². The summed E-state index contributed by atoms with van der Waals surface area (Å²) in [4.78, 5) is 22.0. The molecule has 1 amide bonds. The molecule has 0 aliphatic carbocycles. The summed E-state index contributed by atoms with van der Waals surface area (Å²) in [5.74, 6) is -0.186. The van der Waals surface area contributed by atoms with Crippen LogP contribution in [0, 0.1) is 17.0 Å². The van der Waals surface area contributed by atoms with Gasteiger partial charge in [0, 0.05) is 30.3 Å². The zero-order valence-electron chi connectivity index (χ0n) is 9.40. The molecule has 0 radical (unpaired) electrons. The maximum absolute atomic E-state index is 11.8. The molecular formula is C11H13N3O3. The minimum atomic E-state index is -0.452. The van der Waals surface area contributed by atoms with E-state index in [1.54, 1.807) is 13.0 Å². The quantitative estimate of drug-likeness (QED) is 0.593. The Morgan fingerprint density at radius 3 is 2.71 bits per heavy atom. The fourth-order valence-corrected chi connectivity index (χ4v) is 1.66. The summed E-state index contributed by atoms with van der Waals surface area (Å²) in [6.45, 7) is 3.18. The van der Waals surface area contributed by atoms with Crippen LogP contribution in [-0.2, 0) is 0 Å². The van der Waals surface area contributed by atoms with Crippen LogP contribution in [0.4, 0.5) is 5.69 Å². The van der Waals surface area contributed by atoms with Crippen molar-refractivity contribution in [3.05, 3.63) is 39.4 Å². The monoisotopic (exact) mass is 235 g/mol. The molecule has 1 saturated heterocycles. The molecule has 1 fully saturated rings. The van der Waals surface area contributed by atoms with E-state index in [4.69, 9.17) is 0 Å². The normalized spacial score (nSPS) is 15.1. The molecule has 0 spiro atoms. The van der Waals surface area contributed by atoms with Gasteiger partial charge < -0.3 is 10.6 Å². The second-order valence-corrected chi connectivity index (χ2v) is 4.09. The van der Waals surface area contributed by atoms with E-state index in [2.05, 4.69) is 10.6 Å². The summed E-state index contributed by atoms with van der Waals surface area (Å²) in [6.07, 6.45) is 0. The van der Waals surface area contributed by atoms with Gasteiger partial charge in [-0.05, 0) is 19.1 Å². The average Bonchev–Trinajstić information content (AvgIpc) is 2.22. The fourth-order valence-electron chi connectivity index (χ4n) is 1.66. The van der Waals surface area contributed by atoms with Crippen molar-refractivity contribution in [3.63, 3.8) is 0 Å². The van der Waals surface area contributed by atoms with E-state index in [1.165, 1.54) is 12.1 Å². The molecule has 0 bridgehead atoms. The lowest BCUT2D eigenvalue weighted by Crippen LogP contribution is -2.56. The summed E-state index contributed by atoms with van der Waals surface area (Å²) in [5, 5.41) is 16.5. The predicted molar refractivity (Wildman–Crippen MR) is 62.0 cm³/mol. The molecule has 1 aliphatic heterocycles. The van der Waals surface area contributed by atoms with E-state index in [0.29, 0.717) is 11.1 Å². The molecule has 90 valence electrons. The van der Waals surface area contributed by atoms with Gasteiger partial charge in [0.2, 0.25) is 0 Å². The molecule has 1 aromatic rings. The number of hydrogen-bond acceptors (Lipinski definition) is 4. The first-order chi connectivity index (χ1) is 8.08. The summed E-state index contributed by atoms with van der Waals surface area (Å²) in [6, 6.07) is 4.55. The number of nitro benzene ring substituents is 1. The van der Waals surface area contributed by atoms with E-state index in [0.717, 1.165) is 13.1 Å². The number of nitrogens with zero attached hydrogens (tertiary/aromatic N) is 1. The van der Waals surface area contributed by atoms with Crippen molar-refractivity contribution in [1.29, 1.82) is 0 Å². The lowest BCUT2D eigenvalue weighted by Gasteiger charge is -2.27. The number of nitrogens with one attached hydrogen (secondary N) is 2. The van der Waals surface area contributed by atoms with E-state index >= 15 is 0 Å². The van der Waals surface area contributed by atoms with E-state index in [1.807, 2.05) is 0 Å². The van der Waals surface area contributed by atoms with Gasteiger partial charge in [-0.1, -0.05) is 0 Å². The number of aryl methyl sites for hydroxylation is 1. The molecule has 6 heteroatoms. The number of hydrogen-bond donors (Lipinski definition) is 2. The SMILES string of the molecule is Cc1cc(C(=O)NC2CNC2)ccc1[N+](=O)[O-]. The Bertz CT molecular complexity index is 469. The third kappa shape index (κ3) is 2.42. The Kier molecular flexibility index (Phi) is 3.06. The maximum atomic E-state index is 11.8. The zero-order valence-corrected chi connectivity index (χ0v) is 9.40. The molecular weight excluding hydrogens is 222 g/mol. The molecule has 0 unspecified atom stereocenters. The van der Waals surface area contributed by atoms with Crippen LogP contribution in [0.2, 0.25) is 0 Å². The first-order valence-electron chi connectivity index (χ1n) is 5.34. The van der Waals surface area contributed by atoms with Crippen LogP contribution in [0.1, 0.15) is 15.9 Å². The largest absolute Gasteiger partial charge is 0.347 e. The standard InChI is InChI=1S/C11H13N3O3/c1-7-4-8(2-3-10(7)14(16)17)11(15)13-9-5-12-6-9/h2-4,9,12H,5-6H2,1H3,(H,13,15). The summed E-state index contributed by atoms with van der Waals surface area (Å²) in [7, 11) is 0. The van der Waals surface area contributed by atoms with Crippen LogP contribution in [0.3, 0.4) is 0 Å². The number of carbonyl (C=O) groups excluding carboxylic acids is 1. The van der Waals surface area contributed by atoms with E-state index in [9.17, 15) is 14.9 Å².